The lowest BCUT2D eigenvalue weighted by atomic mass is 10.3. The number of nitrogens with one attached hydrogen (secondary N) is 3. The van der Waals surface area contributed by atoms with Crippen LogP contribution in [0.25, 0.3) is 0 Å². The quantitative estimate of drug-likeness (QED) is 0.807. The van der Waals surface area contributed by atoms with E-state index in [0.717, 1.165) is 4.88 Å². The molecule has 3 N–H and O–H groups in total. The van der Waals surface area contributed by atoms with Gasteiger partial charge in [-0.25, -0.2) is 13.2 Å². The number of aryl methyl sites for hydroxylation is 1. The zero-order chi connectivity index (χ0) is 15.5. The summed E-state index contributed by atoms with van der Waals surface area (Å²) in [5.74, 6) is 0. The number of urea groups is 1. The van der Waals surface area contributed by atoms with Gasteiger partial charge in [-0.1, -0.05) is 6.07 Å². The molecule has 0 unspecified atom stereocenters. The fourth-order valence-electron chi connectivity index (χ4n) is 1.62. The zero-order valence-corrected chi connectivity index (χ0v) is 13.1. The number of thiophene rings is 1. The van der Waals surface area contributed by atoms with Gasteiger partial charge < -0.3 is 10.6 Å². The van der Waals surface area contributed by atoms with Crippen molar-refractivity contribution in [3.05, 3.63) is 41.3 Å². The molecule has 0 aliphatic rings. The van der Waals surface area contributed by atoms with Crippen molar-refractivity contribution in [2.45, 2.75) is 11.1 Å². The number of hydrogen-bond donors (Lipinski definition) is 3. The number of carbonyl (C=O) groups excluding carboxylic acids is 1. The Bertz CT molecular complexity index is 754. The van der Waals surface area contributed by atoms with E-state index in [9.17, 15) is 13.2 Å². The zero-order valence-electron chi connectivity index (χ0n) is 11.5. The number of anilines is 2. The average molecular weight is 325 g/mol. The van der Waals surface area contributed by atoms with Crippen LogP contribution in [0, 0.1) is 6.92 Å². The van der Waals surface area contributed by atoms with Gasteiger partial charge in [-0.05, 0) is 37.3 Å². The lowest BCUT2D eigenvalue weighted by Crippen LogP contribution is -2.24. The van der Waals surface area contributed by atoms with Crippen molar-refractivity contribution in [2.75, 3.05) is 17.1 Å². The summed E-state index contributed by atoms with van der Waals surface area (Å²) in [5.41, 5.74) is 0.881. The fraction of sp³-hybridized carbons (Fsp3) is 0.154. The van der Waals surface area contributed by atoms with Gasteiger partial charge in [0.05, 0.1) is 5.69 Å². The summed E-state index contributed by atoms with van der Waals surface area (Å²) in [6, 6.07) is 9.44. The monoisotopic (exact) mass is 325 g/mol. The Balaban J connectivity index is 2.19. The van der Waals surface area contributed by atoms with Gasteiger partial charge in [0.15, 0.2) is 0 Å². The Morgan fingerprint density at radius 2 is 1.86 bits per heavy atom. The van der Waals surface area contributed by atoms with Crippen LogP contribution in [0.1, 0.15) is 4.88 Å². The number of hydrogen-bond acceptors (Lipinski definition) is 4. The van der Waals surface area contributed by atoms with Gasteiger partial charge >= 0.3 is 6.03 Å². The van der Waals surface area contributed by atoms with Crippen molar-refractivity contribution in [2.24, 2.45) is 0 Å². The minimum atomic E-state index is -3.60. The summed E-state index contributed by atoms with van der Waals surface area (Å²) >= 11 is 1.20. The highest BCUT2D eigenvalue weighted by Gasteiger charge is 2.16. The standard InChI is InChI=1S/C13H15N3O3S2/c1-9-6-7-12(20-9)21(18,19)16-11-5-3-4-10(8-11)15-13(17)14-2/h3-8,16H,1-2H3,(H2,14,15,17). The van der Waals surface area contributed by atoms with Crippen LogP contribution in [0.4, 0.5) is 16.2 Å². The molecule has 0 aliphatic heterocycles. The summed E-state index contributed by atoms with van der Waals surface area (Å²) in [5, 5.41) is 5.00. The Morgan fingerprint density at radius 1 is 1.14 bits per heavy atom. The lowest BCUT2D eigenvalue weighted by Gasteiger charge is -2.09. The van der Waals surface area contributed by atoms with E-state index in [4.69, 9.17) is 0 Å². The Labute approximate surface area is 127 Å². The summed E-state index contributed by atoms with van der Waals surface area (Å²) in [4.78, 5) is 12.2. The molecule has 112 valence electrons. The van der Waals surface area contributed by atoms with Crippen molar-refractivity contribution in [3.63, 3.8) is 0 Å². The first-order valence-corrected chi connectivity index (χ1v) is 8.39. The third kappa shape index (κ3) is 3.96. The molecular formula is C13H15N3O3S2. The highest BCUT2D eigenvalue weighted by atomic mass is 32.2. The SMILES string of the molecule is CNC(=O)Nc1cccc(NS(=O)(=O)c2ccc(C)s2)c1. The first-order valence-electron chi connectivity index (χ1n) is 6.09. The van der Waals surface area contributed by atoms with Crippen LogP contribution in [-0.4, -0.2) is 21.5 Å². The van der Waals surface area contributed by atoms with Gasteiger partial charge in [-0.15, -0.1) is 11.3 Å². The van der Waals surface area contributed by atoms with Crippen LogP contribution < -0.4 is 15.4 Å². The van der Waals surface area contributed by atoms with E-state index in [1.165, 1.54) is 18.4 Å². The topological polar surface area (TPSA) is 87.3 Å². The summed E-state index contributed by atoms with van der Waals surface area (Å²) < 4.78 is 27.2. The molecule has 2 rings (SSSR count). The maximum absolute atomic E-state index is 12.2. The second-order valence-corrected chi connectivity index (χ2v) is 7.45. The fourth-order valence-corrected chi connectivity index (χ4v) is 3.95. The van der Waals surface area contributed by atoms with Crippen molar-refractivity contribution in [1.29, 1.82) is 0 Å². The second-order valence-electron chi connectivity index (χ2n) is 4.26. The van der Waals surface area contributed by atoms with Gasteiger partial charge in [0, 0.05) is 17.6 Å². The smallest absolute Gasteiger partial charge is 0.318 e. The molecule has 1 aromatic carbocycles. The van der Waals surface area contributed by atoms with Crippen molar-refractivity contribution in [3.8, 4) is 0 Å². The van der Waals surface area contributed by atoms with Crippen LogP contribution >= 0.6 is 11.3 Å². The highest BCUT2D eigenvalue weighted by molar-refractivity contribution is 7.94. The van der Waals surface area contributed by atoms with E-state index in [1.54, 1.807) is 36.4 Å². The molecule has 0 radical (unpaired) electrons. The van der Waals surface area contributed by atoms with Crippen molar-refractivity contribution >= 4 is 38.8 Å². The molecule has 1 aromatic heterocycles. The van der Waals surface area contributed by atoms with E-state index >= 15 is 0 Å². The van der Waals surface area contributed by atoms with Crippen LogP contribution in [0.5, 0.6) is 0 Å². The predicted molar refractivity (Wildman–Crippen MR) is 84.4 cm³/mol. The van der Waals surface area contributed by atoms with E-state index in [2.05, 4.69) is 15.4 Å². The minimum absolute atomic E-state index is 0.254. The third-order valence-electron chi connectivity index (χ3n) is 2.58. The maximum Gasteiger partial charge on any atom is 0.318 e. The van der Waals surface area contributed by atoms with E-state index in [0.29, 0.717) is 11.4 Å². The molecule has 8 heteroatoms. The molecule has 0 aliphatic carbocycles. The minimum Gasteiger partial charge on any atom is -0.341 e. The number of rotatable bonds is 4. The van der Waals surface area contributed by atoms with Crippen molar-refractivity contribution < 1.29 is 13.2 Å². The molecule has 1 heterocycles. The van der Waals surface area contributed by atoms with Gasteiger partial charge in [0.25, 0.3) is 10.0 Å². The first-order chi connectivity index (χ1) is 9.90. The molecule has 0 saturated heterocycles. The van der Waals surface area contributed by atoms with Gasteiger partial charge in [0.1, 0.15) is 4.21 Å². The average Bonchev–Trinajstić information content (AvgIpc) is 2.86. The normalized spacial score (nSPS) is 11.0. The highest BCUT2D eigenvalue weighted by Crippen LogP contribution is 2.24. The molecule has 0 saturated carbocycles. The lowest BCUT2D eigenvalue weighted by molar-refractivity contribution is 0.254. The van der Waals surface area contributed by atoms with E-state index < -0.39 is 10.0 Å². The Kier molecular flexibility index (Phi) is 4.49. The first kappa shape index (κ1) is 15.3. The molecule has 2 aromatic rings. The molecule has 6 nitrogen and oxygen atoms in total. The number of benzene rings is 1. The van der Waals surface area contributed by atoms with Crippen LogP contribution in [0.2, 0.25) is 0 Å². The van der Waals surface area contributed by atoms with E-state index in [-0.39, 0.29) is 10.2 Å². The predicted octanol–water partition coefficient (Wildman–Crippen LogP) is 2.61. The Morgan fingerprint density at radius 3 is 2.48 bits per heavy atom. The van der Waals surface area contributed by atoms with Crippen molar-refractivity contribution in [1.82, 2.24) is 5.32 Å². The van der Waals surface area contributed by atoms with Gasteiger partial charge in [-0.2, -0.15) is 0 Å². The molecule has 21 heavy (non-hydrogen) atoms. The number of sulfonamides is 1. The van der Waals surface area contributed by atoms with E-state index in [1.807, 2.05) is 6.92 Å². The largest absolute Gasteiger partial charge is 0.341 e. The molecule has 2 amide bonds. The Hall–Kier alpha value is -2.06. The van der Waals surface area contributed by atoms with Gasteiger partial charge in [-0.3, -0.25) is 4.72 Å². The molecule has 0 atom stereocenters. The molecule has 0 fully saturated rings. The van der Waals surface area contributed by atoms with Crippen LogP contribution in [0.3, 0.4) is 0 Å². The van der Waals surface area contributed by atoms with Crippen LogP contribution in [0.15, 0.2) is 40.6 Å². The molecule has 0 bridgehead atoms. The second kappa shape index (κ2) is 6.15. The number of carbonyl (C=O) groups is 1. The van der Waals surface area contributed by atoms with Crippen LogP contribution in [-0.2, 0) is 10.0 Å². The summed E-state index contributed by atoms with van der Waals surface area (Å²) in [6.45, 7) is 1.84. The summed E-state index contributed by atoms with van der Waals surface area (Å²) in [6.07, 6.45) is 0. The molecule has 0 spiro atoms. The van der Waals surface area contributed by atoms with Gasteiger partial charge in [0.2, 0.25) is 0 Å². The number of amides is 2. The maximum atomic E-state index is 12.2. The third-order valence-corrected chi connectivity index (χ3v) is 5.45. The summed E-state index contributed by atoms with van der Waals surface area (Å²) in [7, 11) is -2.10. The molecular weight excluding hydrogens is 310 g/mol.